The first-order chi connectivity index (χ1) is 25.7. The molecule has 3 atom stereocenters. The van der Waals surface area contributed by atoms with E-state index in [1.807, 2.05) is 0 Å². The van der Waals surface area contributed by atoms with Crippen molar-refractivity contribution in [1.29, 1.82) is 0 Å². The minimum absolute atomic E-state index is 0.163. The summed E-state index contributed by atoms with van der Waals surface area (Å²) in [5, 5.41) is 18.3. The van der Waals surface area contributed by atoms with E-state index in [1.54, 1.807) is 0 Å². The van der Waals surface area contributed by atoms with Gasteiger partial charge >= 0.3 is 19.8 Å². The first kappa shape index (κ1) is 50.7. The van der Waals surface area contributed by atoms with Gasteiger partial charge in [-0.3, -0.25) is 18.6 Å². The van der Waals surface area contributed by atoms with Gasteiger partial charge in [0.1, 0.15) is 12.7 Å². The Labute approximate surface area is 321 Å². The maximum absolute atomic E-state index is 12.6. The maximum Gasteiger partial charge on any atom is 0.472 e. The Morgan fingerprint density at radius 3 is 1.62 bits per heavy atom. The number of hydrogen-bond acceptors (Lipinski definition) is 9. The number of carbonyl (C=O) groups excluding carboxylic acids is 2. The van der Waals surface area contributed by atoms with Crippen molar-refractivity contribution < 1.29 is 47.8 Å². The number of allylic oxidation sites excluding steroid dienone is 10. The van der Waals surface area contributed by atoms with Gasteiger partial charge in [0.05, 0.1) is 19.8 Å². The van der Waals surface area contributed by atoms with Crippen molar-refractivity contribution in [2.75, 3.05) is 26.4 Å². The monoisotopic (exact) mass is 768 g/mol. The number of rotatable bonds is 37. The third kappa shape index (κ3) is 37.8. The molecule has 0 fully saturated rings. The smallest absolute Gasteiger partial charge is 0.462 e. The summed E-state index contributed by atoms with van der Waals surface area (Å²) in [7, 11) is -4.63. The molecule has 0 rings (SSSR count). The Hall–Kier alpha value is -2.33. The van der Waals surface area contributed by atoms with Crippen molar-refractivity contribution >= 4 is 19.8 Å². The third-order valence-electron chi connectivity index (χ3n) is 8.16. The Kier molecular flexibility index (Phi) is 36.3. The molecule has 0 saturated carbocycles. The predicted molar refractivity (Wildman–Crippen MR) is 214 cm³/mol. The Morgan fingerprint density at radius 1 is 0.585 bits per heavy atom. The number of unbranched alkanes of at least 4 members (excludes halogenated alkanes) is 13. The van der Waals surface area contributed by atoms with Gasteiger partial charge in [0, 0.05) is 12.8 Å². The highest BCUT2D eigenvalue weighted by Crippen LogP contribution is 2.43. The first-order valence-electron chi connectivity index (χ1n) is 20.2. The molecule has 10 nitrogen and oxygen atoms in total. The van der Waals surface area contributed by atoms with Crippen LogP contribution < -0.4 is 0 Å². The number of aliphatic hydroxyl groups is 2. The largest absolute Gasteiger partial charge is 0.472 e. The second-order valence-corrected chi connectivity index (χ2v) is 14.7. The molecule has 0 aliphatic carbocycles. The van der Waals surface area contributed by atoms with E-state index < -0.39 is 51.8 Å². The zero-order valence-corrected chi connectivity index (χ0v) is 33.9. The van der Waals surface area contributed by atoms with Gasteiger partial charge in [-0.2, -0.15) is 0 Å². The molecule has 0 aliphatic heterocycles. The summed E-state index contributed by atoms with van der Waals surface area (Å²) < 4.78 is 32.6. The van der Waals surface area contributed by atoms with Crippen LogP contribution in [0.4, 0.5) is 0 Å². The van der Waals surface area contributed by atoms with E-state index in [-0.39, 0.29) is 19.4 Å². The average Bonchev–Trinajstić information content (AvgIpc) is 3.14. The zero-order valence-electron chi connectivity index (χ0n) is 33.0. The number of carbonyl (C=O) groups is 2. The molecule has 0 saturated heterocycles. The van der Waals surface area contributed by atoms with E-state index in [1.165, 1.54) is 38.5 Å². The van der Waals surface area contributed by atoms with Crippen LogP contribution >= 0.6 is 7.82 Å². The average molecular weight is 769 g/mol. The zero-order chi connectivity index (χ0) is 39.1. The van der Waals surface area contributed by atoms with Crippen molar-refractivity contribution in [3.63, 3.8) is 0 Å². The summed E-state index contributed by atoms with van der Waals surface area (Å²) in [4.78, 5) is 34.9. The van der Waals surface area contributed by atoms with Crippen LogP contribution in [0.1, 0.15) is 155 Å². The van der Waals surface area contributed by atoms with Crippen molar-refractivity contribution in [3.05, 3.63) is 60.8 Å². The van der Waals surface area contributed by atoms with Gasteiger partial charge in [0.25, 0.3) is 0 Å². The molecular formula is C42H73O10P. The Morgan fingerprint density at radius 2 is 1.04 bits per heavy atom. The highest BCUT2D eigenvalue weighted by molar-refractivity contribution is 7.47. The standard InChI is InChI=1S/C42H73O10P/c1-3-5-7-9-11-13-15-17-19-21-23-25-27-29-31-33-41(45)49-37-40(38-51-53(47,48)50-36-39(44)35-43)52-42(46)34-32-30-28-26-24-22-20-18-16-14-12-10-8-6-4-2/h5,7,11,13,17-20,23,25,39-40,43-44H,3-4,6,8-10,12,14-16,21-22,24,26-38H2,1-2H3,(H,47,48)/b7-5+,13-11+,19-17+,20-18+,25-23+/t39-,40+/m0/s1. The van der Waals surface area contributed by atoms with Crippen LogP contribution in [-0.2, 0) is 32.7 Å². The lowest BCUT2D eigenvalue weighted by Crippen LogP contribution is -2.29. The number of ether oxygens (including phenoxy) is 2. The maximum atomic E-state index is 12.6. The summed E-state index contributed by atoms with van der Waals surface area (Å²) in [6.07, 6.45) is 40.5. The molecule has 0 bridgehead atoms. The van der Waals surface area contributed by atoms with E-state index in [4.69, 9.17) is 19.1 Å². The summed E-state index contributed by atoms with van der Waals surface area (Å²) in [6, 6.07) is 0. The van der Waals surface area contributed by atoms with Gasteiger partial charge in [-0.05, 0) is 77.0 Å². The van der Waals surface area contributed by atoms with Crippen LogP contribution in [0.25, 0.3) is 0 Å². The fourth-order valence-corrected chi connectivity index (χ4v) is 5.83. The van der Waals surface area contributed by atoms with Crippen LogP contribution in [0.2, 0.25) is 0 Å². The predicted octanol–water partition coefficient (Wildman–Crippen LogP) is 10.3. The molecule has 3 N–H and O–H groups in total. The molecule has 0 aromatic rings. The van der Waals surface area contributed by atoms with Crippen molar-refractivity contribution in [2.24, 2.45) is 0 Å². The van der Waals surface area contributed by atoms with E-state index in [0.29, 0.717) is 12.8 Å². The minimum atomic E-state index is -4.63. The van der Waals surface area contributed by atoms with E-state index in [2.05, 4.69) is 79.1 Å². The van der Waals surface area contributed by atoms with E-state index in [0.717, 1.165) is 77.0 Å². The number of hydrogen-bond donors (Lipinski definition) is 3. The first-order valence-corrected chi connectivity index (χ1v) is 21.7. The molecule has 0 heterocycles. The third-order valence-corrected chi connectivity index (χ3v) is 9.11. The summed E-state index contributed by atoms with van der Waals surface area (Å²) in [5.74, 6) is -0.988. The van der Waals surface area contributed by atoms with Crippen LogP contribution in [0.3, 0.4) is 0 Å². The molecule has 0 aliphatic rings. The SMILES string of the molecule is CC/C=C/C/C=C/C/C=C/C/C=C/CCCCC(=O)OC[C@H](COP(=O)(O)OC[C@@H](O)CO)OC(=O)CCCCCCC/C=C/CCCCCCCC. The van der Waals surface area contributed by atoms with Crippen LogP contribution in [0, 0.1) is 0 Å². The Bertz CT molecular complexity index is 1070. The number of aliphatic hydroxyl groups excluding tert-OH is 2. The highest BCUT2D eigenvalue weighted by Gasteiger charge is 2.27. The van der Waals surface area contributed by atoms with Crippen molar-refractivity contribution in [1.82, 2.24) is 0 Å². The molecule has 0 aromatic carbocycles. The van der Waals surface area contributed by atoms with Gasteiger partial charge < -0.3 is 24.6 Å². The second-order valence-electron chi connectivity index (χ2n) is 13.3. The van der Waals surface area contributed by atoms with Crippen LogP contribution in [-0.4, -0.2) is 65.7 Å². The van der Waals surface area contributed by atoms with Gasteiger partial charge in [0.2, 0.25) is 0 Å². The lowest BCUT2D eigenvalue weighted by Gasteiger charge is -2.20. The number of phosphoric ester groups is 1. The lowest BCUT2D eigenvalue weighted by molar-refractivity contribution is -0.161. The molecular weight excluding hydrogens is 695 g/mol. The van der Waals surface area contributed by atoms with Gasteiger partial charge in [-0.15, -0.1) is 0 Å². The summed E-state index contributed by atoms with van der Waals surface area (Å²) in [5.41, 5.74) is 0. The molecule has 53 heavy (non-hydrogen) atoms. The quantitative estimate of drug-likeness (QED) is 0.0241. The van der Waals surface area contributed by atoms with Crippen LogP contribution in [0.5, 0.6) is 0 Å². The highest BCUT2D eigenvalue weighted by atomic mass is 31.2. The molecule has 11 heteroatoms. The molecule has 0 amide bonds. The lowest BCUT2D eigenvalue weighted by atomic mass is 10.1. The Balaban J connectivity index is 4.43. The summed E-state index contributed by atoms with van der Waals surface area (Å²) in [6.45, 7) is 2.18. The minimum Gasteiger partial charge on any atom is -0.462 e. The van der Waals surface area contributed by atoms with Gasteiger partial charge in [-0.1, -0.05) is 126 Å². The van der Waals surface area contributed by atoms with Crippen molar-refractivity contribution in [3.8, 4) is 0 Å². The number of esters is 2. The molecule has 0 aromatic heterocycles. The van der Waals surface area contributed by atoms with Crippen molar-refractivity contribution in [2.45, 2.75) is 167 Å². The fraction of sp³-hybridized carbons (Fsp3) is 0.714. The fourth-order valence-electron chi connectivity index (χ4n) is 5.04. The van der Waals surface area contributed by atoms with Gasteiger partial charge in [0.15, 0.2) is 6.10 Å². The normalized spacial score (nSPS) is 14.6. The number of phosphoric acid groups is 1. The molecule has 0 spiro atoms. The molecule has 1 unspecified atom stereocenters. The molecule has 306 valence electrons. The van der Waals surface area contributed by atoms with Crippen LogP contribution in [0.15, 0.2) is 60.8 Å². The second kappa shape index (κ2) is 38.0. The van der Waals surface area contributed by atoms with E-state index in [9.17, 15) is 24.2 Å². The van der Waals surface area contributed by atoms with Gasteiger partial charge in [-0.25, -0.2) is 4.57 Å². The topological polar surface area (TPSA) is 149 Å². The summed E-state index contributed by atoms with van der Waals surface area (Å²) >= 11 is 0. The van der Waals surface area contributed by atoms with E-state index >= 15 is 0 Å². The molecule has 0 radical (unpaired) electrons.